The molecule has 0 aliphatic heterocycles. The number of carbonyl (C=O) groups is 1. The third kappa shape index (κ3) is 1.29. The van der Waals surface area contributed by atoms with Crippen molar-refractivity contribution >= 4 is 6.29 Å². The molecule has 0 atom stereocenters. The molecular formula is C9H9NO. The lowest BCUT2D eigenvalue weighted by atomic mass is 10.2. The van der Waals surface area contributed by atoms with E-state index in [1.54, 1.807) is 6.20 Å². The van der Waals surface area contributed by atoms with E-state index in [0.717, 1.165) is 12.0 Å². The third-order valence-corrected chi connectivity index (χ3v) is 1.94. The summed E-state index contributed by atoms with van der Waals surface area (Å²) in [6.45, 7) is 0. The molecule has 1 heterocycles. The third-order valence-electron chi connectivity index (χ3n) is 1.94. The molecule has 0 unspecified atom stereocenters. The summed E-state index contributed by atoms with van der Waals surface area (Å²) >= 11 is 0. The van der Waals surface area contributed by atoms with E-state index < -0.39 is 0 Å². The van der Waals surface area contributed by atoms with E-state index in [0.29, 0.717) is 11.5 Å². The molecule has 11 heavy (non-hydrogen) atoms. The first kappa shape index (κ1) is 6.53. The second-order valence-corrected chi connectivity index (χ2v) is 2.91. The van der Waals surface area contributed by atoms with Crippen molar-refractivity contribution in [2.45, 2.75) is 18.8 Å². The lowest BCUT2D eigenvalue weighted by Gasteiger charge is -1.94. The van der Waals surface area contributed by atoms with Crippen LogP contribution in [0.1, 0.15) is 34.8 Å². The summed E-state index contributed by atoms with van der Waals surface area (Å²) in [5.41, 5.74) is 1.80. The van der Waals surface area contributed by atoms with Crippen LogP contribution in [0.5, 0.6) is 0 Å². The van der Waals surface area contributed by atoms with Crippen molar-refractivity contribution in [1.82, 2.24) is 4.98 Å². The van der Waals surface area contributed by atoms with E-state index in [-0.39, 0.29) is 0 Å². The first-order valence-corrected chi connectivity index (χ1v) is 3.81. The smallest absolute Gasteiger partial charge is 0.151 e. The average Bonchev–Trinajstić information content (AvgIpc) is 2.87. The molecular weight excluding hydrogens is 138 g/mol. The van der Waals surface area contributed by atoms with Gasteiger partial charge in [0.2, 0.25) is 0 Å². The van der Waals surface area contributed by atoms with Crippen LogP contribution in [0.15, 0.2) is 18.3 Å². The maximum Gasteiger partial charge on any atom is 0.151 e. The highest BCUT2D eigenvalue weighted by atomic mass is 16.1. The van der Waals surface area contributed by atoms with Gasteiger partial charge in [0.15, 0.2) is 6.29 Å². The van der Waals surface area contributed by atoms with E-state index in [4.69, 9.17) is 0 Å². The van der Waals surface area contributed by atoms with Gasteiger partial charge in [-0.15, -0.1) is 0 Å². The van der Waals surface area contributed by atoms with E-state index in [2.05, 4.69) is 4.98 Å². The van der Waals surface area contributed by atoms with Crippen LogP contribution in [0.2, 0.25) is 0 Å². The minimum Gasteiger partial charge on any atom is -0.298 e. The van der Waals surface area contributed by atoms with Gasteiger partial charge in [0.05, 0.1) is 0 Å². The van der Waals surface area contributed by atoms with Crippen molar-refractivity contribution in [2.75, 3.05) is 0 Å². The summed E-state index contributed by atoms with van der Waals surface area (Å²) in [6.07, 6.45) is 4.98. The number of aromatic nitrogens is 1. The number of hydrogen-bond acceptors (Lipinski definition) is 2. The molecule has 1 fully saturated rings. The van der Waals surface area contributed by atoms with Gasteiger partial charge in [0.1, 0.15) is 0 Å². The Labute approximate surface area is 65.3 Å². The Morgan fingerprint density at radius 3 is 2.73 bits per heavy atom. The van der Waals surface area contributed by atoms with Crippen molar-refractivity contribution in [3.8, 4) is 0 Å². The first-order valence-electron chi connectivity index (χ1n) is 3.81. The van der Waals surface area contributed by atoms with Gasteiger partial charge < -0.3 is 0 Å². The zero-order valence-electron chi connectivity index (χ0n) is 6.16. The molecule has 0 aromatic carbocycles. The van der Waals surface area contributed by atoms with Crippen molar-refractivity contribution < 1.29 is 4.79 Å². The molecule has 0 amide bonds. The highest BCUT2D eigenvalue weighted by Crippen LogP contribution is 2.38. The Morgan fingerprint density at radius 1 is 1.45 bits per heavy atom. The van der Waals surface area contributed by atoms with Gasteiger partial charge in [-0.3, -0.25) is 9.78 Å². The van der Waals surface area contributed by atoms with Gasteiger partial charge in [-0.1, -0.05) is 0 Å². The molecule has 1 aliphatic carbocycles. The number of nitrogens with zero attached hydrogens (tertiary/aromatic N) is 1. The van der Waals surface area contributed by atoms with Gasteiger partial charge in [-0.2, -0.15) is 0 Å². The number of rotatable bonds is 2. The molecule has 0 bridgehead atoms. The number of carbonyl (C=O) groups excluding carboxylic acids is 1. The van der Waals surface area contributed by atoms with Gasteiger partial charge >= 0.3 is 0 Å². The minimum absolute atomic E-state index is 0.661. The van der Waals surface area contributed by atoms with Gasteiger partial charge in [0, 0.05) is 23.4 Å². The summed E-state index contributed by atoms with van der Waals surface area (Å²) in [4.78, 5) is 14.4. The average molecular weight is 147 g/mol. The van der Waals surface area contributed by atoms with Crippen molar-refractivity contribution in [1.29, 1.82) is 0 Å². The highest BCUT2D eigenvalue weighted by Gasteiger charge is 2.24. The second kappa shape index (κ2) is 2.46. The maximum atomic E-state index is 10.3. The molecule has 0 N–H and O–H groups in total. The maximum absolute atomic E-state index is 10.3. The zero-order chi connectivity index (χ0) is 7.68. The predicted molar refractivity (Wildman–Crippen MR) is 41.6 cm³/mol. The fourth-order valence-corrected chi connectivity index (χ4v) is 1.11. The largest absolute Gasteiger partial charge is 0.298 e. The SMILES string of the molecule is O=Cc1ccc(C2CC2)nc1. The fraction of sp³-hybridized carbons (Fsp3) is 0.333. The lowest BCUT2D eigenvalue weighted by Crippen LogP contribution is -1.87. The molecule has 2 heteroatoms. The Balaban J connectivity index is 2.25. The van der Waals surface area contributed by atoms with E-state index in [9.17, 15) is 4.79 Å². The van der Waals surface area contributed by atoms with Crippen LogP contribution in [0.25, 0.3) is 0 Å². The molecule has 2 rings (SSSR count). The van der Waals surface area contributed by atoms with Crippen LogP contribution in [0.4, 0.5) is 0 Å². The van der Waals surface area contributed by atoms with Crippen LogP contribution in [-0.2, 0) is 0 Å². The van der Waals surface area contributed by atoms with Gasteiger partial charge in [-0.05, 0) is 25.0 Å². The molecule has 0 spiro atoms. The molecule has 1 aromatic rings. The molecule has 1 saturated carbocycles. The van der Waals surface area contributed by atoms with Crippen molar-refractivity contribution in [3.63, 3.8) is 0 Å². The Kier molecular flexibility index (Phi) is 1.46. The fourth-order valence-electron chi connectivity index (χ4n) is 1.11. The summed E-state index contributed by atoms with van der Waals surface area (Å²) < 4.78 is 0. The van der Waals surface area contributed by atoms with Crippen LogP contribution in [-0.4, -0.2) is 11.3 Å². The molecule has 1 aliphatic rings. The van der Waals surface area contributed by atoms with Crippen LogP contribution in [0, 0.1) is 0 Å². The summed E-state index contributed by atoms with van der Waals surface area (Å²) in [5, 5.41) is 0. The standard InChI is InChI=1S/C9H9NO/c11-6-7-1-4-9(10-5-7)8-2-3-8/h1,4-6,8H,2-3H2. The molecule has 56 valence electrons. The van der Waals surface area contributed by atoms with Gasteiger partial charge in [-0.25, -0.2) is 0 Å². The number of hydrogen-bond donors (Lipinski definition) is 0. The topological polar surface area (TPSA) is 30.0 Å². The quantitative estimate of drug-likeness (QED) is 0.597. The summed E-state index contributed by atoms with van der Waals surface area (Å²) in [6, 6.07) is 3.77. The summed E-state index contributed by atoms with van der Waals surface area (Å²) in [5.74, 6) is 0.677. The summed E-state index contributed by atoms with van der Waals surface area (Å²) in [7, 11) is 0. The van der Waals surface area contributed by atoms with Crippen molar-refractivity contribution in [3.05, 3.63) is 29.6 Å². The Bertz CT molecular complexity index is 261. The monoisotopic (exact) mass is 147 g/mol. The zero-order valence-corrected chi connectivity index (χ0v) is 6.16. The van der Waals surface area contributed by atoms with E-state index >= 15 is 0 Å². The molecule has 0 radical (unpaired) electrons. The minimum atomic E-state index is 0.661. The van der Waals surface area contributed by atoms with Crippen LogP contribution < -0.4 is 0 Å². The first-order chi connectivity index (χ1) is 5.40. The second-order valence-electron chi connectivity index (χ2n) is 2.91. The Hall–Kier alpha value is -1.18. The van der Waals surface area contributed by atoms with Crippen LogP contribution >= 0.6 is 0 Å². The highest BCUT2D eigenvalue weighted by molar-refractivity contribution is 5.73. The lowest BCUT2D eigenvalue weighted by molar-refractivity contribution is 0.112. The molecule has 1 aromatic heterocycles. The molecule has 0 saturated heterocycles. The molecule has 2 nitrogen and oxygen atoms in total. The normalized spacial score (nSPS) is 16.4. The van der Waals surface area contributed by atoms with Crippen LogP contribution in [0.3, 0.4) is 0 Å². The van der Waals surface area contributed by atoms with E-state index in [1.807, 2.05) is 12.1 Å². The Morgan fingerprint density at radius 2 is 2.27 bits per heavy atom. The number of aldehydes is 1. The van der Waals surface area contributed by atoms with E-state index in [1.165, 1.54) is 12.8 Å². The number of pyridine rings is 1. The van der Waals surface area contributed by atoms with Crippen molar-refractivity contribution in [2.24, 2.45) is 0 Å². The predicted octanol–water partition coefficient (Wildman–Crippen LogP) is 1.77. The van der Waals surface area contributed by atoms with Gasteiger partial charge in [0.25, 0.3) is 0 Å².